The maximum atomic E-state index is 6.99. The summed E-state index contributed by atoms with van der Waals surface area (Å²) >= 11 is 6.99. The third-order valence-corrected chi connectivity index (χ3v) is 6.60. The first-order chi connectivity index (χ1) is 17.5. The molecule has 4 rings (SSSR count). The third kappa shape index (κ3) is 5.07. The summed E-state index contributed by atoms with van der Waals surface area (Å²) in [6.45, 7) is 3.49. The van der Waals surface area contributed by atoms with Crippen LogP contribution < -0.4 is 20.1 Å². The van der Waals surface area contributed by atoms with Gasteiger partial charge in [-0.3, -0.25) is 4.98 Å². The van der Waals surface area contributed by atoms with Crippen molar-refractivity contribution in [2.24, 2.45) is 0 Å². The van der Waals surface area contributed by atoms with E-state index < -0.39 is 0 Å². The zero-order chi connectivity index (χ0) is 25.7. The average Bonchev–Trinajstić information content (AvgIpc) is 2.90. The number of aromatic nitrogens is 2. The molecule has 0 atom stereocenters. The van der Waals surface area contributed by atoms with Crippen molar-refractivity contribution in [2.45, 2.75) is 20.0 Å². The Morgan fingerprint density at radius 1 is 0.833 bits per heavy atom. The fourth-order valence-electron chi connectivity index (χ4n) is 4.41. The van der Waals surface area contributed by atoms with Gasteiger partial charge in [-0.05, 0) is 50.3 Å². The van der Waals surface area contributed by atoms with E-state index in [0.717, 1.165) is 50.4 Å². The second-order valence-electron chi connectivity index (χ2n) is 8.45. The number of nitrogens with zero attached hydrogens (tertiary/aromatic N) is 2. The Bertz CT molecular complexity index is 1270. The van der Waals surface area contributed by atoms with Gasteiger partial charge in [-0.25, -0.2) is 4.98 Å². The molecule has 7 heteroatoms. The standard InChI is InChI=1S/C29H31ClN4O2/c1-18-22(7-6-8-23(18)25-12-11-21(17-32-3)29(34-25)36-5)24-13-14-33-28(27(24)30)19-9-10-20(16-31-2)26(15-19)35-4/h6-15,31-32H,16-17H2,1-5H3. The molecule has 6 nitrogen and oxygen atoms in total. The van der Waals surface area contributed by atoms with Gasteiger partial charge in [0.05, 0.1) is 30.6 Å². The highest BCUT2D eigenvalue weighted by Gasteiger charge is 2.17. The summed E-state index contributed by atoms with van der Waals surface area (Å²) in [6.07, 6.45) is 1.80. The molecule has 0 aliphatic carbocycles. The van der Waals surface area contributed by atoms with Crippen LogP contribution in [0, 0.1) is 6.92 Å². The molecule has 4 aromatic rings. The van der Waals surface area contributed by atoms with Crippen molar-refractivity contribution >= 4 is 11.6 Å². The minimum atomic E-state index is 0.594. The predicted molar refractivity (Wildman–Crippen MR) is 147 cm³/mol. The molecule has 0 saturated carbocycles. The summed E-state index contributed by atoms with van der Waals surface area (Å²) in [6, 6.07) is 18.3. The summed E-state index contributed by atoms with van der Waals surface area (Å²) in [5, 5.41) is 6.91. The number of hydrogen-bond donors (Lipinski definition) is 2. The van der Waals surface area contributed by atoms with Gasteiger partial charge < -0.3 is 20.1 Å². The number of halogens is 1. The molecule has 0 bridgehead atoms. The Morgan fingerprint density at radius 2 is 1.56 bits per heavy atom. The van der Waals surface area contributed by atoms with E-state index in [4.69, 9.17) is 26.1 Å². The van der Waals surface area contributed by atoms with Crippen LogP contribution in [0.4, 0.5) is 0 Å². The Kier molecular flexibility index (Phi) is 8.21. The van der Waals surface area contributed by atoms with E-state index >= 15 is 0 Å². The lowest BCUT2D eigenvalue weighted by Crippen LogP contribution is -2.08. The van der Waals surface area contributed by atoms with E-state index in [1.54, 1.807) is 20.4 Å². The molecule has 0 saturated heterocycles. The second-order valence-corrected chi connectivity index (χ2v) is 8.83. The summed E-state index contributed by atoms with van der Waals surface area (Å²) in [7, 11) is 7.13. The zero-order valence-corrected chi connectivity index (χ0v) is 22.0. The highest BCUT2D eigenvalue weighted by Crippen LogP contribution is 2.39. The normalized spacial score (nSPS) is 10.9. The van der Waals surface area contributed by atoms with Crippen molar-refractivity contribution in [3.8, 4) is 45.3 Å². The first-order valence-electron chi connectivity index (χ1n) is 11.8. The van der Waals surface area contributed by atoms with Crippen molar-refractivity contribution in [2.75, 3.05) is 28.3 Å². The van der Waals surface area contributed by atoms with Gasteiger partial charge in [-0.15, -0.1) is 0 Å². The topological polar surface area (TPSA) is 68.3 Å². The van der Waals surface area contributed by atoms with Crippen molar-refractivity contribution in [3.05, 3.63) is 82.5 Å². The van der Waals surface area contributed by atoms with Gasteiger partial charge in [0.1, 0.15) is 5.75 Å². The molecule has 0 spiro atoms. The smallest absolute Gasteiger partial charge is 0.218 e. The first kappa shape index (κ1) is 25.6. The van der Waals surface area contributed by atoms with E-state index in [0.29, 0.717) is 29.7 Å². The molecule has 2 N–H and O–H groups in total. The van der Waals surface area contributed by atoms with Crippen LogP contribution in [0.1, 0.15) is 16.7 Å². The molecule has 0 amide bonds. The maximum Gasteiger partial charge on any atom is 0.218 e. The summed E-state index contributed by atoms with van der Waals surface area (Å²) in [5.74, 6) is 1.41. The number of nitrogens with one attached hydrogen (secondary N) is 2. The molecular weight excluding hydrogens is 472 g/mol. The van der Waals surface area contributed by atoms with Crippen molar-refractivity contribution in [1.29, 1.82) is 0 Å². The minimum Gasteiger partial charge on any atom is -0.496 e. The van der Waals surface area contributed by atoms with Crippen molar-refractivity contribution < 1.29 is 9.47 Å². The summed E-state index contributed by atoms with van der Waals surface area (Å²) in [5.41, 5.74) is 8.59. The molecule has 2 heterocycles. The van der Waals surface area contributed by atoms with Crippen LogP contribution >= 0.6 is 11.6 Å². The highest BCUT2D eigenvalue weighted by molar-refractivity contribution is 6.35. The average molecular weight is 503 g/mol. The van der Waals surface area contributed by atoms with Gasteiger partial charge in [-0.1, -0.05) is 48.0 Å². The van der Waals surface area contributed by atoms with Gasteiger partial charge in [0.25, 0.3) is 0 Å². The fourth-order valence-corrected chi connectivity index (χ4v) is 4.73. The van der Waals surface area contributed by atoms with E-state index in [9.17, 15) is 0 Å². The molecule has 0 unspecified atom stereocenters. The number of methoxy groups -OCH3 is 2. The molecule has 0 radical (unpaired) electrons. The predicted octanol–water partition coefficient (Wildman–Crippen LogP) is 5.90. The first-order valence-corrected chi connectivity index (χ1v) is 12.1. The number of pyridine rings is 2. The largest absolute Gasteiger partial charge is 0.496 e. The van der Waals surface area contributed by atoms with E-state index in [1.165, 1.54) is 0 Å². The molecule has 0 aliphatic heterocycles. The van der Waals surface area contributed by atoms with Crippen LogP contribution in [0.3, 0.4) is 0 Å². The van der Waals surface area contributed by atoms with E-state index in [-0.39, 0.29) is 0 Å². The fraction of sp³-hybridized carbons (Fsp3) is 0.241. The molecule has 36 heavy (non-hydrogen) atoms. The zero-order valence-electron chi connectivity index (χ0n) is 21.3. The lowest BCUT2D eigenvalue weighted by molar-refractivity contribution is 0.392. The van der Waals surface area contributed by atoms with E-state index in [1.807, 2.05) is 56.6 Å². The molecule has 2 aromatic carbocycles. The lowest BCUT2D eigenvalue weighted by Gasteiger charge is -2.16. The Hall–Kier alpha value is -3.45. The molecular formula is C29H31ClN4O2. The Labute approximate surface area is 217 Å². The van der Waals surface area contributed by atoms with Gasteiger partial charge >= 0.3 is 0 Å². The second kappa shape index (κ2) is 11.5. The number of ether oxygens (including phenoxy) is 2. The van der Waals surface area contributed by atoms with Gasteiger partial charge in [0.2, 0.25) is 5.88 Å². The van der Waals surface area contributed by atoms with Crippen LogP contribution in [0.2, 0.25) is 5.02 Å². The monoisotopic (exact) mass is 502 g/mol. The summed E-state index contributed by atoms with van der Waals surface area (Å²) in [4.78, 5) is 9.39. The molecule has 0 aliphatic rings. The van der Waals surface area contributed by atoms with Gasteiger partial charge in [0, 0.05) is 47.1 Å². The molecule has 0 fully saturated rings. The maximum absolute atomic E-state index is 6.99. The quantitative estimate of drug-likeness (QED) is 0.297. The Balaban J connectivity index is 1.78. The van der Waals surface area contributed by atoms with E-state index in [2.05, 4.69) is 34.7 Å². The van der Waals surface area contributed by atoms with Crippen molar-refractivity contribution in [1.82, 2.24) is 20.6 Å². The SMILES string of the molecule is CNCc1ccc(-c2nccc(-c3cccc(-c4ccc(CNC)c(OC)n4)c3C)c2Cl)cc1OC. The minimum absolute atomic E-state index is 0.594. The van der Waals surface area contributed by atoms with Crippen LogP contribution in [0.5, 0.6) is 11.6 Å². The van der Waals surface area contributed by atoms with Crippen LogP contribution in [0.25, 0.3) is 33.6 Å². The number of hydrogen-bond acceptors (Lipinski definition) is 6. The van der Waals surface area contributed by atoms with Gasteiger partial charge in [-0.2, -0.15) is 0 Å². The van der Waals surface area contributed by atoms with Crippen LogP contribution in [0.15, 0.2) is 60.8 Å². The third-order valence-electron chi connectivity index (χ3n) is 6.22. The van der Waals surface area contributed by atoms with Gasteiger partial charge in [0.15, 0.2) is 0 Å². The van der Waals surface area contributed by atoms with Crippen LogP contribution in [-0.4, -0.2) is 38.3 Å². The lowest BCUT2D eigenvalue weighted by atomic mass is 9.94. The number of rotatable bonds is 9. The molecule has 186 valence electrons. The van der Waals surface area contributed by atoms with Crippen LogP contribution in [-0.2, 0) is 13.1 Å². The highest BCUT2D eigenvalue weighted by atomic mass is 35.5. The number of benzene rings is 2. The van der Waals surface area contributed by atoms with Crippen molar-refractivity contribution in [3.63, 3.8) is 0 Å². The Morgan fingerprint density at radius 3 is 2.28 bits per heavy atom. The summed E-state index contributed by atoms with van der Waals surface area (Å²) < 4.78 is 11.2. The molecule has 2 aromatic heterocycles.